The average molecular weight is 229 g/mol. The molecule has 88 valence electrons. The Bertz CT molecular complexity index is 624. The Morgan fingerprint density at radius 3 is 2.71 bits per heavy atom. The second-order valence-corrected chi connectivity index (χ2v) is 4.63. The first-order chi connectivity index (χ1) is 7.88. The maximum Gasteiger partial charge on any atom is 0.143 e. The highest BCUT2D eigenvalue weighted by Crippen LogP contribution is 2.19. The molecule has 2 heterocycles. The van der Waals surface area contributed by atoms with Crippen LogP contribution in [-0.4, -0.2) is 25.5 Å². The molecule has 0 bridgehead atoms. The van der Waals surface area contributed by atoms with Gasteiger partial charge in [-0.2, -0.15) is 5.10 Å². The molecule has 0 radical (unpaired) electrons. The summed E-state index contributed by atoms with van der Waals surface area (Å²) in [7, 11) is 1.86. The first kappa shape index (κ1) is 11.6. The number of pyridine rings is 1. The molecule has 0 aliphatic rings. The lowest BCUT2D eigenvalue weighted by molar-refractivity contribution is 0.143. The van der Waals surface area contributed by atoms with Crippen molar-refractivity contribution in [1.29, 1.82) is 0 Å². The number of rotatable bonds is 0. The molecule has 4 nitrogen and oxygen atoms in total. The van der Waals surface area contributed by atoms with Crippen molar-refractivity contribution in [3.8, 4) is 11.8 Å². The number of aryl methyl sites for hydroxylation is 2. The van der Waals surface area contributed by atoms with Gasteiger partial charge in [0, 0.05) is 18.6 Å². The van der Waals surface area contributed by atoms with E-state index in [9.17, 15) is 5.11 Å². The largest absolute Gasteiger partial charge is 0.378 e. The van der Waals surface area contributed by atoms with Gasteiger partial charge in [-0.05, 0) is 32.3 Å². The summed E-state index contributed by atoms with van der Waals surface area (Å²) in [5.41, 5.74) is 1.66. The summed E-state index contributed by atoms with van der Waals surface area (Å²) in [5, 5.41) is 15.0. The zero-order valence-corrected chi connectivity index (χ0v) is 10.4. The van der Waals surface area contributed by atoms with Gasteiger partial charge in [0.1, 0.15) is 11.3 Å². The van der Waals surface area contributed by atoms with E-state index in [-0.39, 0.29) is 0 Å². The minimum absolute atomic E-state index is 0.685. The Hall–Kier alpha value is -1.86. The third kappa shape index (κ3) is 2.29. The highest BCUT2D eigenvalue weighted by Gasteiger charge is 2.11. The monoisotopic (exact) mass is 229 g/mol. The van der Waals surface area contributed by atoms with Crippen LogP contribution in [0.2, 0.25) is 0 Å². The Balaban J connectivity index is 2.66. The van der Waals surface area contributed by atoms with Crippen LogP contribution >= 0.6 is 0 Å². The van der Waals surface area contributed by atoms with Crippen molar-refractivity contribution in [2.24, 2.45) is 7.05 Å². The second kappa shape index (κ2) is 3.86. The van der Waals surface area contributed by atoms with E-state index in [1.807, 2.05) is 14.0 Å². The molecular formula is C13H15N3O. The predicted octanol–water partition coefficient (Wildman–Crippen LogP) is 1.40. The summed E-state index contributed by atoms with van der Waals surface area (Å²) in [5.74, 6) is 5.71. The molecule has 0 saturated heterocycles. The van der Waals surface area contributed by atoms with Crippen LogP contribution in [0.3, 0.4) is 0 Å². The summed E-state index contributed by atoms with van der Waals surface area (Å²) < 4.78 is 1.75. The first-order valence-corrected chi connectivity index (χ1v) is 5.41. The predicted molar refractivity (Wildman–Crippen MR) is 66.4 cm³/mol. The fourth-order valence-corrected chi connectivity index (χ4v) is 1.66. The molecule has 0 unspecified atom stereocenters. The van der Waals surface area contributed by atoms with Crippen molar-refractivity contribution in [2.45, 2.75) is 26.4 Å². The van der Waals surface area contributed by atoms with Gasteiger partial charge in [0.05, 0.1) is 11.7 Å². The average Bonchev–Trinajstić information content (AvgIpc) is 2.54. The molecule has 0 amide bonds. The first-order valence-electron chi connectivity index (χ1n) is 5.41. The van der Waals surface area contributed by atoms with Crippen LogP contribution in [0.15, 0.2) is 12.4 Å². The third-order valence-corrected chi connectivity index (χ3v) is 2.44. The van der Waals surface area contributed by atoms with E-state index in [4.69, 9.17) is 0 Å². The van der Waals surface area contributed by atoms with E-state index in [1.54, 1.807) is 30.9 Å². The van der Waals surface area contributed by atoms with Crippen LogP contribution in [0.5, 0.6) is 0 Å². The summed E-state index contributed by atoms with van der Waals surface area (Å²) >= 11 is 0. The minimum atomic E-state index is -1.01. The lowest BCUT2D eigenvalue weighted by atomic mass is 10.1. The summed E-state index contributed by atoms with van der Waals surface area (Å²) in [6.45, 7) is 5.28. The zero-order valence-electron chi connectivity index (χ0n) is 10.4. The Kier molecular flexibility index (Phi) is 2.64. The van der Waals surface area contributed by atoms with E-state index in [0.717, 1.165) is 16.5 Å². The molecule has 0 fully saturated rings. The molecule has 2 aromatic heterocycles. The third-order valence-electron chi connectivity index (χ3n) is 2.44. The van der Waals surface area contributed by atoms with E-state index >= 15 is 0 Å². The van der Waals surface area contributed by atoms with Crippen LogP contribution in [0.1, 0.15) is 25.1 Å². The van der Waals surface area contributed by atoms with Crippen LogP contribution in [0, 0.1) is 18.8 Å². The maximum absolute atomic E-state index is 9.61. The molecule has 0 saturated carbocycles. The highest BCUT2D eigenvalue weighted by molar-refractivity contribution is 5.86. The molecule has 2 rings (SSSR count). The maximum atomic E-state index is 9.61. The van der Waals surface area contributed by atoms with E-state index in [0.29, 0.717) is 5.69 Å². The van der Waals surface area contributed by atoms with E-state index in [2.05, 4.69) is 21.9 Å². The number of aromatic nitrogens is 3. The number of hydrogen-bond acceptors (Lipinski definition) is 3. The van der Waals surface area contributed by atoms with Gasteiger partial charge in [0.25, 0.3) is 0 Å². The van der Waals surface area contributed by atoms with Crippen LogP contribution in [0.4, 0.5) is 0 Å². The second-order valence-electron chi connectivity index (χ2n) is 4.63. The molecular weight excluding hydrogens is 214 g/mol. The van der Waals surface area contributed by atoms with Gasteiger partial charge >= 0.3 is 0 Å². The summed E-state index contributed by atoms with van der Waals surface area (Å²) in [6.07, 6.45) is 3.56. The van der Waals surface area contributed by atoms with Crippen LogP contribution < -0.4 is 0 Å². The topological polar surface area (TPSA) is 50.9 Å². The highest BCUT2D eigenvalue weighted by atomic mass is 16.3. The van der Waals surface area contributed by atoms with Gasteiger partial charge in [-0.25, -0.2) is 0 Å². The van der Waals surface area contributed by atoms with Crippen molar-refractivity contribution in [3.63, 3.8) is 0 Å². The molecule has 0 aromatic carbocycles. The van der Waals surface area contributed by atoms with Crippen LogP contribution in [-0.2, 0) is 7.05 Å². The van der Waals surface area contributed by atoms with Crippen molar-refractivity contribution in [1.82, 2.24) is 14.8 Å². The standard InChI is InChI=1S/C13H15N3O/c1-9-7-14-8-11-12(9)10(15-16(11)4)5-6-13(2,3)17/h7-8,17H,1-4H3. The molecule has 2 aromatic rings. The SMILES string of the molecule is Cc1cncc2c1c(C#CC(C)(C)O)nn2C. The van der Waals surface area contributed by atoms with Gasteiger partial charge in [-0.1, -0.05) is 5.92 Å². The quantitative estimate of drug-likeness (QED) is 0.695. The number of fused-ring (bicyclic) bond motifs is 1. The number of aliphatic hydroxyl groups is 1. The van der Waals surface area contributed by atoms with Gasteiger partial charge in [0.15, 0.2) is 0 Å². The zero-order chi connectivity index (χ0) is 12.6. The smallest absolute Gasteiger partial charge is 0.143 e. The fraction of sp³-hybridized carbons (Fsp3) is 0.385. The number of hydrogen-bond donors (Lipinski definition) is 1. The van der Waals surface area contributed by atoms with Crippen molar-refractivity contribution in [3.05, 3.63) is 23.7 Å². The summed E-state index contributed by atoms with van der Waals surface area (Å²) in [4.78, 5) is 4.14. The van der Waals surface area contributed by atoms with Crippen molar-refractivity contribution >= 4 is 10.9 Å². The van der Waals surface area contributed by atoms with Crippen LogP contribution in [0.25, 0.3) is 10.9 Å². The lowest BCUT2D eigenvalue weighted by Gasteiger charge is -2.05. The van der Waals surface area contributed by atoms with E-state index in [1.165, 1.54) is 0 Å². The van der Waals surface area contributed by atoms with Crippen molar-refractivity contribution in [2.75, 3.05) is 0 Å². The normalized spacial score (nSPS) is 11.4. The van der Waals surface area contributed by atoms with Gasteiger partial charge in [0.2, 0.25) is 0 Å². The van der Waals surface area contributed by atoms with Crippen molar-refractivity contribution < 1.29 is 5.11 Å². The molecule has 0 aliphatic carbocycles. The van der Waals surface area contributed by atoms with Gasteiger partial charge in [-0.15, -0.1) is 0 Å². The van der Waals surface area contributed by atoms with Gasteiger partial charge in [-0.3, -0.25) is 9.67 Å². The molecule has 4 heteroatoms. The molecule has 17 heavy (non-hydrogen) atoms. The Morgan fingerprint density at radius 1 is 1.35 bits per heavy atom. The fourth-order valence-electron chi connectivity index (χ4n) is 1.66. The Labute approximate surface area is 100 Å². The molecule has 0 atom stereocenters. The van der Waals surface area contributed by atoms with E-state index < -0.39 is 5.60 Å². The summed E-state index contributed by atoms with van der Waals surface area (Å²) in [6, 6.07) is 0. The lowest BCUT2D eigenvalue weighted by Crippen LogP contribution is -2.14. The molecule has 0 aliphatic heterocycles. The van der Waals surface area contributed by atoms with Gasteiger partial charge < -0.3 is 5.11 Å². The Morgan fingerprint density at radius 2 is 2.06 bits per heavy atom. The molecule has 0 spiro atoms. The molecule has 1 N–H and O–H groups in total. The number of nitrogens with zero attached hydrogens (tertiary/aromatic N) is 3. The minimum Gasteiger partial charge on any atom is -0.378 e.